The van der Waals surface area contributed by atoms with Crippen molar-refractivity contribution < 1.29 is 9.47 Å². The second-order valence-electron chi connectivity index (χ2n) is 4.66. The Morgan fingerprint density at radius 3 is 2.75 bits per heavy atom. The number of ether oxygens (including phenoxy) is 2. The van der Waals surface area contributed by atoms with Crippen molar-refractivity contribution in [3.05, 3.63) is 42.1 Å². The molecule has 1 aromatic heterocycles. The smallest absolute Gasteiger partial charge is 0.228 e. The van der Waals surface area contributed by atoms with Crippen LogP contribution in [0.2, 0.25) is 0 Å². The van der Waals surface area contributed by atoms with E-state index in [1.54, 1.807) is 12.3 Å². The van der Waals surface area contributed by atoms with E-state index < -0.39 is 0 Å². The number of rotatable bonds is 3. The summed E-state index contributed by atoms with van der Waals surface area (Å²) in [5.74, 6) is 2.08. The fourth-order valence-corrected chi connectivity index (χ4v) is 2.09. The van der Waals surface area contributed by atoms with Crippen LogP contribution in [0.25, 0.3) is 0 Å². The first-order valence-electron chi connectivity index (χ1n) is 6.72. The van der Waals surface area contributed by atoms with E-state index in [9.17, 15) is 0 Å². The molecule has 0 unspecified atom stereocenters. The van der Waals surface area contributed by atoms with Crippen LogP contribution in [0.3, 0.4) is 0 Å². The quantitative estimate of drug-likeness (QED) is 0.858. The lowest BCUT2D eigenvalue weighted by molar-refractivity contribution is 0.122. The van der Waals surface area contributed by atoms with Crippen LogP contribution in [0.1, 0.15) is 5.56 Å². The lowest BCUT2D eigenvalue weighted by Gasteiger charge is -2.26. The van der Waals surface area contributed by atoms with Crippen molar-refractivity contribution in [3.8, 4) is 11.6 Å². The Kier molecular flexibility index (Phi) is 3.78. The Bertz CT molecular complexity index is 583. The zero-order valence-corrected chi connectivity index (χ0v) is 11.5. The molecule has 5 heteroatoms. The minimum absolute atomic E-state index is 0.566. The van der Waals surface area contributed by atoms with Gasteiger partial charge in [0.15, 0.2) is 0 Å². The number of aryl methyl sites for hydroxylation is 1. The van der Waals surface area contributed by atoms with Gasteiger partial charge in [0.2, 0.25) is 11.8 Å². The third-order valence-electron chi connectivity index (χ3n) is 3.22. The molecule has 0 spiro atoms. The second-order valence-corrected chi connectivity index (χ2v) is 4.66. The van der Waals surface area contributed by atoms with E-state index in [-0.39, 0.29) is 0 Å². The molecule has 0 N–H and O–H groups in total. The summed E-state index contributed by atoms with van der Waals surface area (Å²) in [5, 5.41) is 0. The summed E-state index contributed by atoms with van der Waals surface area (Å²) in [5.41, 5.74) is 1.08. The summed E-state index contributed by atoms with van der Waals surface area (Å²) in [7, 11) is 0. The van der Waals surface area contributed by atoms with E-state index in [0.717, 1.165) is 24.4 Å². The molecule has 0 saturated carbocycles. The minimum Gasteiger partial charge on any atom is -0.439 e. The maximum Gasteiger partial charge on any atom is 0.228 e. The molecule has 0 amide bonds. The Hall–Kier alpha value is -2.14. The normalized spacial score (nSPS) is 15.2. The maximum atomic E-state index is 5.83. The summed E-state index contributed by atoms with van der Waals surface area (Å²) in [4.78, 5) is 10.9. The van der Waals surface area contributed by atoms with Crippen LogP contribution in [0.5, 0.6) is 11.6 Å². The van der Waals surface area contributed by atoms with Gasteiger partial charge in [-0.3, -0.25) is 0 Å². The fraction of sp³-hybridized carbons (Fsp3) is 0.333. The van der Waals surface area contributed by atoms with Crippen molar-refractivity contribution in [3.63, 3.8) is 0 Å². The largest absolute Gasteiger partial charge is 0.439 e. The highest BCUT2D eigenvalue weighted by Gasteiger charge is 2.14. The van der Waals surface area contributed by atoms with Crippen molar-refractivity contribution in [1.82, 2.24) is 9.97 Å². The Balaban J connectivity index is 1.79. The summed E-state index contributed by atoms with van der Waals surface area (Å²) < 4.78 is 11.2. The van der Waals surface area contributed by atoms with Gasteiger partial charge < -0.3 is 14.4 Å². The van der Waals surface area contributed by atoms with Gasteiger partial charge >= 0.3 is 0 Å². The SMILES string of the molecule is Cc1ccccc1Oc1ccnc(N2CCOCC2)n1. The first-order valence-corrected chi connectivity index (χ1v) is 6.72. The van der Waals surface area contributed by atoms with Crippen LogP contribution in [0, 0.1) is 6.92 Å². The van der Waals surface area contributed by atoms with Crippen LogP contribution in [-0.4, -0.2) is 36.3 Å². The van der Waals surface area contributed by atoms with Gasteiger partial charge in [0.1, 0.15) is 5.75 Å². The molecular formula is C15H17N3O2. The Morgan fingerprint density at radius 2 is 1.95 bits per heavy atom. The first-order chi connectivity index (χ1) is 9.83. The number of hydrogen-bond acceptors (Lipinski definition) is 5. The third-order valence-corrected chi connectivity index (χ3v) is 3.22. The molecule has 2 aromatic rings. The van der Waals surface area contributed by atoms with E-state index in [4.69, 9.17) is 9.47 Å². The second kappa shape index (κ2) is 5.88. The summed E-state index contributed by atoms with van der Waals surface area (Å²) in [6.45, 7) is 5.07. The van der Waals surface area contributed by atoms with Crippen molar-refractivity contribution >= 4 is 5.95 Å². The van der Waals surface area contributed by atoms with Crippen molar-refractivity contribution in [2.24, 2.45) is 0 Å². The molecule has 3 rings (SSSR count). The minimum atomic E-state index is 0.566. The maximum absolute atomic E-state index is 5.83. The summed E-state index contributed by atoms with van der Waals surface area (Å²) in [6, 6.07) is 9.66. The van der Waals surface area contributed by atoms with Crippen LogP contribution in [0.15, 0.2) is 36.5 Å². The van der Waals surface area contributed by atoms with E-state index in [1.165, 1.54) is 0 Å². The highest BCUT2D eigenvalue weighted by molar-refractivity contribution is 5.37. The number of anilines is 1. The molecule has 1 aliphatic rings. The third kappa shape index (κ3) is 2.88. The van der Waals surface area contributed by atoms with Gasteiger partial charge in [0.25, 0.3) is 0 Å². The lowest BCUT2D eigenvalue weighted by atomic mass is 10.2. The van der Waals surface area contributed by atoms with Gasteiger partial charge in [-0.15, -0.1) is 0 Å². The molecule has 5 nitrogen and oxygen atoms in total. The summed E-state index contributed by atoms with van der Waals surface area (Å²) in [6.07, 6.45) is 1.73. The number of aromatic nitrogens is 2. The van der Waals surface area contributed by atoms with Crippen LogP contribution in [0.4, 0.5) is 5.95 Å². The van der Waals surface area contributed by atoms with Gasteiger partial charge in [-0.05, 0) is 18.6 Å². The molecule has 1 saturated heterocycles. The molecule has 0 bridgehead atoms. The van der Waals surface area contributed by atoms with Gasteiger partial charge in [-0.1, -0.05) is 18.2 Å². The van der Waals surface area contributed by atoms with E-state index >= 15 is 0 Å². The predicted molar refractivity (Wildman–Crippen MR) is 76.3 cm³/mol. The molecule has 0 atom stereocenters. The molecule has 1 aromatic carbocycles. The standard InChI is InChI=1S/C15H17N3O2/c1-12-4-2-3-5-13(12)20-14-6-7-16-15(17-14)18-8-10-19-11-9-18/h2-7H,8-11H2,1H3. The number of morpholine rings is 1. The molecule has 1 fully saturated rings. The number of hydrogen-bond donors (Lipinski definition) is 0. The molecule has 20 heavy (non-hydrogen) atoms. The Morgan fingerprint density at radius 1 is 1.15 bits per heavy atom. The summed E-state index contributed by atoms with van der Waals surface area (Å²) >= 11 is 0. The van der Waals surface area contributed by atoms with Crippen LogP contribution in [-0.2, 0) is 4.74 Å². The molecule has 104 valence electrons. The van der Waals surface area contributed by atoms with E-state index in [1.807, 2.05) is 31.2 Å². The average Bonchev–Trinajstić information content (AvgIpc) is 2.51. The molecule has 0 radical (unpaired) electrons. The fourth-order valence-electron chi connectivity index (χ4n) is 2.09. The number of para-hydroxylation sites is 1. The van der Waals surface area contributed by atoms with Crippen LogP contribution >= 0.6 is 0 Å². The highest BCUT2D eigenvalue weighted by Crippen LogP contribution is 2.24. The molecule has 2 heterocycles. The number of benzene rings is 1. The average molecular weight is 271 g/mol. The first kappa shape index (κ1) is 12.9. The predicted octanol–water partition coefficient (Wildman–Crippen LogP) is 2.41. The zero-order valence-electron chi connectivity index (χ0n) is 11.5. The lowest BCUT2D eigenvalue weighted by Crippen LogP contribution is -2.37. The van der Waals surface area contributed by atoms with Crippen molar-refractivity contribution in [1.29, 1.82) is 0 Å². The topological polar surface area (TPSA) is 47.5 Å². The Labute approximate surface area is 118 Å². The van der Waals surface area contributed by atoms with Crippen molar-refractivity contribution in [2.45, 2.75) is 6.92 Å². The monoisotopic (exact) mass is 271 g/mol. The van der Waals surface area contributed by atoms with E-state index in [0.29, 0.717) is 25.0 Å². The van der Waals surface area contributed by atoms with Gasteiger partial charge in [0, 0.05) is 25.4 Å². The zero-order chi connectivity index (χ0) is 13.8. The molecular weight excluding hydrogens is 254 g/mol. The number of nitrogens with zero attached hydrogens (tertiary/aromatic N) is 3. The van der Waals surface area contributed by atoms with E-state index in [2.05, 4.69) is 14.9 Å². The van der Waals surface area contributed by atoms with Gasteiger partial charge in [0.05, 0.1) is 13.2 Å². The van der Waals surface area contributed by atoms with Crippen LogP contribution < -0.4 is 9.64 Å². The molecule has 0 aliphatic carbocycles. The molecule has 1 aliphatic heterocycles. The highest BCUT2D eigenvalue weighted by atomic mass is 16.5. The van der Waals surface area contributed by atoms with Gasteiger partial charge in [-0.2, -0.15) is 4.98 Å². The van der Waals surface area contributed by atoms with Gasteiger partial charge in [-0.25, -0.2) is 4.98 Å². The van der Waals surface area contributed by atoms with Crippen molar-refractivity contribution in [2.75, 3.05) is 31.2 Å².